The lowest BCUT2D eigenvalue weighted by atomic mass is 10.1. The van der Waals surface area contributed by atoms with Gasteiger partial charge in [0.05, 0.1) is 11.3 Å². The molecular formula is C24H31N3O3S. The Balaban J connectivity index is 1.33. The number of sulfonamides is 1. The molecule has 7 heteroatoms. The van der Waals surface area contributed by atoms with E-state index in [1.54, 1.807) is 28.6 Å². The van der Waals surface area contributed by atoms with Crippen molar-refractivity contribution in [3.8, 4) is 0 Å². The Morgan fingerprint density at radius 3 is 2.13 bits per heavy atom. The number of rotatable bonds is 5. The Bertz CT molecular complexity index is 1010. The summed E-state index contributed by atoms with van der Waals surface area (Å²) in [6.45, 7) is 6.35. The zero-order valence-electron chi connectivity index (χ0n) is 18.2. The lowest BCUT2D eigenvalue weighted by Crippen LogP contribution is -2.49. The highest BCUT2D eigenvalue weighted by Crippen LogP contribution is 2.22. The van der Waals surface area contributed by atoms with Crippen LogP contribution in [0.1, 0.15) is 30.4 Å². The fraction of sp³-hybridized carbons (Fsp3) is 0.458. The number of benzene rings is 2. The summed E-state index contributed by atoms with van der Waals surface area (Å²) in [6, 6.07) is 15.2. The Morgan fingerprint density at radius 1 is 0.839 bits per heavy atom. The number of piperidine rings is 1. The largest absolute Gasteiger partial charge is 0.368 e. The number of carbonyl (C=O) groups excluding carboxylic acids is 1. The van der Waals surface area contributed by atoms with E-state index >= 15 is 0 Å². The first-order chi connectivity index (χ1) is 14.9. The molecule has 0 unspecified atom stereocenters. The topological polar surface area (TPSA) is 60.9 Å². The maximum Gasteiger partial charge on any atom is 0.243 e. The number of aryl methyl sites for hydroxylation is 1. The van der Waals surface area contributed by atoms with E-state index in [0.29, 0.717) is 37.5 Å². The van der Waals surface area contributed by atoms with Crippen molar-refractivity contribution < 1.29 is 13.2 Å². The molecule has 2 aliphatic rings. The van der Waals surface area contributed by atoms with Crippen molar-refractivity contribution in [2.45, 2.75) is 37.5 Å². The summed E-state index contributed by atoms with van der Waals surface area (Å²) in [4.78, 5) is 17.3. The molecule has 2 aromatic rings. The Hall–Kier alpha value is -2.38. The predicted octanol–water partition coefficient (Wildman–Crippen LogP) is 3.06. The standard InChI is InChI=1S/C24H31N3O3S/c1-20-7-3-4-8-23(20)25-15-17-26(18-16-25)24(28)19-21-9-11-22(12-10-21)31(29,30)27-13-5-2-6-14-27/h3-4,7-12H,2,5-6,13-19H2,1H3. The summed E-state index contributed by atoms with van der Waals surface area (Å²) >= 11 is 0. The number of hydrogen-bond acceptors (Lipinski definition) is 4. The molecule has 0 aromatic heterocycles. The Labute approximate surface area is 185 Å². The molecule has 6 nitrogen and oxygen atoms in total. The van der Waals surface area contributed by atoms with Crippen LogP contribution in [0.4, 0.5) is 5.69 Å². The van der Waals surface area contributed by atoms with Gasteiger partial charge in [0.25, 0.3) is 0 Å². The molecule has 0 aliphatic carbocycles. The molecule has 0 saturated carbocycles. The van der Waals surface area contributed by atoms with Gasteiger partial charge in [-0.15, -0.1) is 0 Å². The molecule has 0 atom stereocenters. The smallest absolute Gasteiger partial charge is 0.243 e. The molecule has 0 N–H and O–H groups in total. The monoisotopic (exact) mass is 441 g/mol. The van der Waals surface area contributed by atoms with Crippen molar-refractivity contribution in [1.29, 1.82) is 0 Å². The normalized spacial score (nSPS) is 18.2. The molecule has 2 heterocycles. The molecule has 2 saturated heterocycles. The molecule has 0 radical (unpaired) electrons. The summed E-state index contributed by atoms with van der Waals surface area (Å²) in [6.07, 6.45) is 3.23. The summed E-state index contributed by atoms with van der Waals surface area (Å²) in [5, 5.41) is 0. The number of amides is 1. The van der Waals surface area contributed by atoms with Crippen molar-refractivity contribution >= 4 is 21.6 Å². The number of anilines is 1. The van der Waals surface area contributed by atoms with Crippen molar-refractivity contribution in [2.75, 3.05) is 44.2 Å². The molecule has 1 amide bonds. The minimum atomic E-state index is -3.43. The maximum absolute atomic E-state index is 12.8. The van der Waals surface area contributed by atoms with Crippen LogP contribution in [0, 0.1) is 6.92 Å². The molecule has 2 aliphatic heterocycles. The number of hydrogen-bond donors (Lipinski definition) is 0. The van der Waals surface area contributed by atoms with Crippen molar-refractivity contribution in [1.82, 2.24) is 9.21 Å². The molecule has 4 rings (SSSR count). The van der Waals surface area contributed by atoms with E-state index in [-0.39, 0.29) is 5.91 Å². The number of para-hydroxylation sites is 1. The van der Waals surface area contributed by atoms with Gasteiger partial charge in [-0.3, -0.25) is 4.79 Å². The second kappa shape index (κ2) is 9.40. The zero-order chi connectivity index (χ0) is 21.8. The fourth-order valence-electron chi connectivity index (χ4n) is 4.44. The first-order valence-electron chi connectivity index (χ1n) is 11.1. The van der Waals surface area contributed by atoms with Gasteiger partial charge in [0, 0.05) is 45.0 Å². The van der Waals surface area contributed by atoms with Gasteiger partial charge in [-0.25, -0.2) is 8.42 Å². The lowest BCUT2D eigenvalue weighted by molar-refractivity contribution is -0.130. The number of piperazine rings is 1. The van der Waals surface area contributed by atoms with Crippen LogP contribution < -0.4 is 4.90 Å². The zero-order valence-corrected chi connectivity index (χ0v) is 19.0. The minimum Gasteiger partial charge on any atom is -0.368 e. The van der Waals surface area contributed by atoms with Crippen LogP contribution in [-0.4, -0.2) is 62.8 Å². The van der Waals surface area contributed by atoms with E-state index in [1.165, 1.54) is 11.3 Å². The molecular weight excluding hydrogens is 410 g/mol. The van der Waals surface area contributed by atoms with E-state index < -0.39 is 10.0 Å². The van der Waals surface area contributed by atoms with Gasteiger partial charge in [0.1, 0.15) is 0 Å². The number of nitrogens with zero attached hydrogens (tertiary/aromatic N) is 3. The fourth-order valence-corrected chi connectivity index (χ4v) is 5.95. The number of carbonyl (C=O) groups is 1. The van der Waals surface area contributed by atoms with Crippen molar-refractivity contribution in [2.24, 2.45) is 0 Å². The van der Waals surface area contributed by atoms with Crippen molar-refractivity contribution in [3.05, 3.63) is 59.7 Å². The molecule has 0 spiro atoms. The van der Waals surface area contributed by atoms with Gasteiger partial charge in [0.2, 0.25) is 15.9 Å². The highest BCUT2D eigenvalue weighted by atomic mass is 32.2. The first-order valence-corrected chi connectivity index (χ1v) is 12.6. The average molecular weight is 442 g/mol. The van der Waals surface area contributed by atoms with Crippen LogP contribution in [0.25, 0.3) is 0 Å². The van der Waals surface area contributed by atoms with Gasteiger partial charge in [-0.1, -0.05) is 36.8 Å². The molecule has 31 heavy (non-hydrogen) atoms. The third kappa shape index (κ3) is 4.93. The second-order valence-electron chi connectivity index (χ2n) is 8.44. The average Bonchev–Trinajstić information content (AvgIpc) is 2.80. The quantitative estimate of drug-likeness (QED) is 0.716. The Morgan fingerprint density at radius 2 is 1.48 bits per heavy atom. The molecule has 166 valence electrons. The van der Waals surface area contributed by atoms with Gasteiger partial charge >= 0.3 is 0 Å². The second-order valence-corrected chi connectivity index (χ2v) is 10.4. The van der Waals surface area contributed by atoms with E-state index in [2.05, 4.69) is 30.0 Å². The maximum atomic E-state index is 12.8. The van der Waals surface area contributed by atoms with Crippen LogP contribution >= 0.6 is 0 Å². The van der Waals surface area contributed by atoms with Crippen LogP contribution in [0.2, 0.25) is 0 Å². The lowest BCUT2D eigenvalue weighted by Gasteiger charge is -2.37. The first kappa shape index (κ1) is 21.8. The molecule has 2 aromatic carbocycles. The SMILES string of the molecule is Cc1ccccc1N1CCN(C(=O)Cc2ccc(S(=O)(=O)N3CCCCC3)cc2)CC1. The molecule has 0 bridgehead atoms. The predicted molar refractivity (Wildman–Crippen MR) is 123 cm³/mol. The van der Waals surface area contributed by atoms with Crippen LogP contribution in [-0.2, 0) is 21.2 Å². The van der Waals surface area contributed by atoms with E-state index in [4.69, 9.17) is 0 Å². The van der Waals surface area contributed by atoms with Gasteiger partial charge in [-0.2, -0.15) is 4.31 Å². The van der Waals surface area contributed by atoms with Gasteiger partial charge < -0.3 is 9.80 Å². The van der Waals surface area contributed by atoms with E-state index in [1.807, 2.05) is 11.0 Å². The van der Waals surface area contributed by atoms with Crippen LogP contribution in [0.15, 0.2) is 53.4 Å². The summed E-state index contributed by atoms with van der Waals surface area (Å²) < 4.78 is 27.1. The van der Waals surface area contributed by atoms with E-state index in [9.17, 15) is 13.2 Å². The van der Waals surface area contributed by atoms with E-state index in [0.717, 1.165) is 37.9 Å². The summed E-state index contributed by atoms with van der Waals surface area (Å²) in [7, 11) is -3.43. The summed E-state index contributed by atoms with van der Waals surface area (Å²) in [5.74, 6) is 0.0936. The van der Waals surface area contributed by atoms with Crippen molar-refractivity contribution in [3.63, 3.8) is 0 Å². The minimum absolute atomic E-state index is 0.0936. The third-order valence-electron chi connectivity index (χ3n) is 6.32. The molecule has 2 fully saturated rings. The third-order valence-corrected chi connectivity index (χ3v) is 8.23. The Kier molecular flexibility index (Phi) is 6.62. The van der Waals surface area contributed by atoms with Crippen LogP contribution in [0.5, 0.6) is 0 Å². The highest BCUT2D eigenvalue weighted by molar-refractivity contribution is 7.89. The van der Waals surface area contributed by atoms with Gasteiger partial charge in [-0.05, 0) is 49.1 Å². The summed E-state index contributed by atoms with van der Waals surface area (Å²) in [5.41, 5.74) is 3.34. The van der Waals surface area contributed by atoms with Crippen LogP contribution in [0.3, 0.4) is 0 Å². The highest BCUT2D eigenvalue weighted by Gasteiger charge is 2.26. The van der Waals surface area contributed by atoms with Gasteiger partial charge in [0.15, 0.2) is 0 Å².